The largest absolute Gasteiger partial charge is 0.388 e. The Hall–Kier alpha value is -1.67. The molecular formula is C19H25NO. The molecule has 1 aromatic carbocycles. The van der Waals surface area contributed by atoms with E-state index in [1.54, 1.807) is 0 Å². The highest BCUT2D eigenvalue weighted by molar-refractivity contribution is 5.67. The van der Waals surface area contributed by atoms with E-state index >= 15 is 0 Å². The van der Waals surface area contributed by atoms with Crippen molar-refractivity contribution in [1.82, 2.24) is 4.98 Å². The lowest BCUT2D eigenvalue weighted by Gasteiger charge is -2.14. The molecule has 1 atom stereocenters. The fourth-order valence-electron chi connectivity index (χ4n) is 2.56. The average Bonchev–Trinajstić information content (AvgIpc) is 2.55. The Labute approximate surface area is 127 Å². The van der Waals surface area contributed by atoms with Gasteiger partial charge < -0.3 is 5.11 Å². The van der Waals surface area contributed by atoms with E-state index in [1.165, 1.54) is 19.3 Å². The van der Waals surface area contributed by atoms with Crippen LogP contribution in [0, 0.1) is 0 Å². The van der Waals surface area contributed by atoms with Crippen molar-refractivity contribution < 1.29 is 5.11 Å². The summed E-state index contributed by atoms with van der Waals surface area (Å²) in [7, 11) is 0. The van der Waals surface area contributed by atoms with E-state index in [2.05, 4.69) is 30.1 Å². The predicted octanol–water partition coefficient (Wildman–Crippen LogP) is 4.92. The number of aryl methyl sites for hydroxylation is 1. The number of aliphatic hydroxyl groups excluding tert-OH is 1. The molecule has 2 aromatic rings. The summed E-state index contributed by atoms with van der Waals surface area (Å²) < 4.78 is 0. The van der Waals surface area contributed by atoms with Crippen molar-refractivity contribution in [2.24, 2.45) is 0 Å². The van der Waals surface area contributed by atoms with Gasteiger partial charge in [-0.15, -0.1) is 0 Å². The number of benzene rings is 1. The first-order valence-electron chi connectivity index (χ1n) is 7.98. The number of hydrogen-bond acceptors (Lipinski definition) is 2. The summed E-state index contributed by atoms with van der Waals surface area (Å²) in [6, 6.07) is 12.3. The average molecular weight is 283 g/mol. The summed E-state index contributed by atoms with van der Waals surface area (Å²) in [5.41, 5.74) is 4.30. The molecule has 0 aliphatic rings. The first-order valence-corrected chi connectivity index (χ1v) is 7.98. The molecule has 0 bridgehead atoms. The Morgan fingerprint density at radius 3 is 2.52 bits per heavy atom. The Morgan fingerprint density at radius 1 is 1.05 bits per heavy atom. The second-order valence-corrected chi connectivity index (χ2v) is 5.51. The van der Waals surface area contributed by atoms with Gasteiger partial charge in [0.2, 0.25) is 0 Å². The van der Waals surface area contributed by atoms with Crippen molar-refractivity contribution in [2.45, 2.75) is 52.1 Å². The smallest absolute Gasteiger partial charge is 0.0793 e. The van der Waals surface area contributed by atoms with Crippen molar-refractivity contribution in [3.63, 3.8) is 0 Å². The molecule has 0 fully saturated rings. The van der Waals surface area contributed by atoms with Gasteiger partial charge in [-0.2, -0.15) is 0 Å². The fourth-order valence-corrected chi connectivity index (χ4v) is 2.56. The number of aromatic nitrogens is 1. The molecule has 1 aromatic heterocycles. The molecule has 0 aliphatic carbocycles. The van der Waals surface area contributed by atoms with Crippen molar-refractivity contribution in [2.75, 3.05) is 0 Å². The van der Waals surface area contributed by atoms with E-state index in [0.717, 1.165) is 35.2 Å². The molecule has 21 heavy (non-hydrogen) atoms. The summed E-state index contributed by atoms with van der Waals surface area (Å²) in [4.78, 5) is 4.57. The van der Waals surface area contributed by atoms with Gasteiger partial charge in [0, 0.05) is 17.5 Å². The third-order valence-electron chi connectivity index (χ3n) is 3.88. The Bertz CT molecular complexity index is 548. The zero-order valence-electron chi connectivity index (χ0n) is 13.0. The molecule has 0 spiro atoms. The van der Waals surface area contributed by atoms with E-state index in [0.29, 0.717) is 0 Å². The lowest BCUT2D eigenvalue weighted by Crippen LogP contribution is -1.98. The maximum absolute atomic E-state index is 10.1. The molecule has 0 amide bonds. The molecule has 1 N–H and O–H groups in total. The number of unbranched alkanes of at least 4 members (excludes halogenated alkanes) is 2. The molecule has 0 radical (unpaired) electrons. The minimum Gasteiger partial charge on any atom is -0.388 e. The van der Waals surface area contributed by atoms with E-state index in [9.17, 15) is 5.11 Å². The van der Waals surface area contributed by atoms with Crippen LogP contribution in [0.5, 0.6) is 0 Å². The van der Waals surface area contributed by atoms with Crippen LogP contribution in [0.2, 0.25) is 0 Å². The van der Waals surface area contributed by atoms with E-state index in [-0.39, 0.29) is 0 Å². The summed E-state index contributed by atoms with van der Waals surface area (Å²) in [5.74, 6) is 0. The molecule has 112 valence electrons. The van der Waals surface area contributed by atoms with Crippen molar-refractivity contribution in [3.05, 3.63) is 53.9 Å². The monoisotopic (exact) mass is 283 g/mol. The van der Waals surface area contributed by atoms with Crippen LogP contribution in [0.25, 0.3) is 11.1 Å². The van der Waals surface area contributed by atoms with Gasteiger partial charge in [-0.3, -0.25) is 4.98 Å². The standard InChI is InChI=1S/C19H25NO/c1-3-5-6-9-16-13-12-15(14-20-16)17-10-7-8-11-18(17)19(21)4-2/h7-8,10-14,19,21H,3-6,9H2,1-2H3. The number of nitrogens with zero attached hydrogens (tertiary/aromatic N) is 1. The van der Waals surface area contributed by atoms with Gasteiger partial charge in [0.15, 0.2) is 0 Å². The maximum atomic E-state index is 10.1. The van der Waals surface area contributed by atoms with Crippen LogP contribution in [0.15, 0.2) is 42.6 Å². The topological polar surface area (TPSA) is 33.1 Å². The zero-order chi connectivity index (χ0) is 15.1. The minimum absolute atomic E-state index is 0.412. The number of aliphatic hydroxyl groups is 1. The Morgan fingerprint density at radius 2 is 1.86 bits per heavy atom. The van der Waals surface area contributed by atoms with Crippen LogP contribution >= 0.6 is 0 Å². The van der Waals surface area contributed by atoms with Crippen LogP contribution in [-0.2, 0) is 6.42 Å². The number of hydrogen-bond donors (Lipinski definition) is 1. The molecule has 0 saturated heterocycles. The first-order chi connectivity index (χ1) is 10.3. The van der Waals surface area contributed by atoms with Gasteiger partial charge in [-0.25, -0.2) is 0 Å². The lowest BCUT2D eigenvalue weighted by molar-refractivity contribution is 0.174. The van der Waals surface area contributed by atoms with Crippen LogP contribution in [0.4, 0.5) is 0 Å². The van der Waals surface area contributed by atoms with E-state index in [4.69, 9.17) is 0 Å². The van der Waals surface area contributed by atoms with Gasteiger partial charge in [0.1, 0.15) is 0 Å². The van der Waals surface area contributed by atoms with E-state index in [1.807, 2.05) is 31.3 Å². The third-order valence-corrected chi connectivity index (χ3v) is 3.88. The molecular weight excluding hydrogens is 258 g/mol. The molecule has 2 rings (SSSR count). The van der Waals surface area contributed by atoms with Crippen LogP contribution in [-0.4, -0.2) is 10.1 Å². The van der Waals surface area contributed by atoms with Crippen molar-refractivity contribution >= 4 is 0 Å². The Kier molecular flexibility index (Phi) is 5.94. The van der Waals surface area contributed by atoms with E-state index < -0.39 is 6.10 Å². The second kappa shape index (κ2) is 7.94. The number of pyridine rings is 1. The predicted molar refractivity (Wildman–Crippen MR) is 88.2 cm³/mol. The van der Waals surface area contributed by atoms with Crippen molar-refractivity contribution in [1.29, 1.82) is 0 Å². The highest BCUT2D eigenvalue weighted by atomic mass is 16.3. The molecule has 1 unspecified atom stereocenters. The van der Waals surface area contributed by atoms with Crippen LogP contribution < -0.4 is 0 Å². The van der Waals surface area contributed by atoms with Gasteiger partial charge >= 0.3 is 0 Å². The normalized spacial score (nSPS) is 12.3. The van der Waals surface area contributed by atoms with Gasteiger partial charge in [0.25, 0.3) is 0 Å². The number of rotatable bonds is 7. The second-order valence-electron chi connectivity index (χ2n) is 5.51. The highest BCUT2D eigenvalue weighted by Gasteiger charge is 2.11. The third kappa shape index (κ3) is 4.15. The van der Waals surface area contributed by atoms with Crippen LogP contribution in [0.1, 0.15) is 56.9 Å². The molecule has 1 heterocycles. The summed E-state index contributed by atoms with van der Waals surface area (Å²) >= 11 is 0. The fraction of sp³-hybridized carbons (Fsp3) is 0.421. The zero-order valence-corrected chi connectivity index (χ0v) is 13.0. The first kappa shape index (κ1) is 15.7. The summed E-state index contributed by atoms with van der Waals surface area (Å²) in [6.45, 7) is 4.21. The molecule has 0 saturated carbocycles. The van der Waals surface area contributed by atoms with Crippen LogP contribution in [0.3, 0.4) is 0 Å². The lowest BCUT2D eigenvalue weighted by atomic mass is 9.96. The summed E-state index contributed by atoms with van der Waals surface area (Å²) in [5, 5.41) is 10.1. The highest BCUT2D eigenvalue weighted by Crippen LogP contribution is 2.29. The Balaban J connectivity index is 2.19. The maximum Gasteiger partial charge on any atom is 0.0793 e. The molecule has 2 heteroatoms. The molecule has 0 aliphatic heterocycles. The van der Waals surface area contributed by atoms with Gasteiger partial charge in [-0.05, 0) is 36.5 Å². The quantitative estimate of drug-likeness (QED) is 0.731. The van der Waals surface area contributed by atoms with Gasteiger partial charge in [-0.1, -0.05) is 57.0 Å². The minimum atomic E-state index is -0.412. The van der Waals surface area contributed by atoms with Gasteiger partial charge in [0.05, 0.1) is 6.10 Å². The SMILES string of the molecule is CCCCCc1ccc(-c2ccccc2C(O)CC)cn1. The summed E-state index contributed by atoms with van der Waals surface area (Å²) in [6.07, 6.45) is 6.99. The van der Waals surface area contributed by atoms with Crippen molar-refractivity contribution in [3.8, 4) is 11.1 Å². The molecule has 2 nitrogen and oxygen atoms in total.